The number of nitrogens with one attached hydrogen (secondary N) is 1. The molecule has 0 bridgehead atoms. The number of rotatable bonds is 3. The number of nitrogen functional groups attached to an aromatic ring is 1. The van der Waals surface area contributed by atoms with Crippen LogP contribution < -0.4 is 16.8 Å². The van der Waals surface area contributed by atoms with Crippen molar-refractivity contribution in [3.8, 4) is 0 Å². The van der Waals surface area contributed by atoms with Gasteiger partial charge in [0, 0.05) is 28.9 Å². The zero-order valence-electron chi connectivity index (χ0n) is 15.5. The van der Waals surface area contributed by atoms with E-state index >= 15 is 0 Å². The molecule has 2 aromatic rings. The molecule has 0 saturated heterocycles. The molecule has 0 amide bonds. The van der Waals surface area contributed by atoms with E-state index < -0.39 is 32.3 Å². The van der Waals surface area contributed by atoms with Gasteiger partial charge in [-0.15, -0.1) is 0 Å². The van der Waals surface area contributed by atoms with E-state index in [2.05, 4.69) is 5.32 Å². The molecule has 8 nitrogen and oxygen atoms in total. The number of fused-ring (bicyclic) bond motifs is 2. The molecule has 4 rings (SSSR count). The van der Waals surface area contributed by atoms with E-state index in [1.54, 1.807) is 18.2 Å². The Morgan fingerprint density at radius 2 is 1.50 bits per heavy atom. The first-order valence-electron chi connectivity index (χ1n) is 9.33. The van der Waals surface area contributed by atoms with Crippen LogP contribution in [0.5, 0.6) is 0 Å². The van der Waals surface area contributed by atoms with Crippen LogP contribution in [0.1, 0.15) is 57.5 Å². The molecule has 2 aromatic carbocycles. The van der Waals surface area contributed by atoms with Crippen LogP contribution in [-0.4, -0.2) is 66.2 Å². The van der Waals surface area contributed by atoms with Crippen molar-refractivity contribution in [2.45, 2.75) is 42.7 Å². The Kier molecular flexibility index (Phi) is 6.43. The van der Waals surface area contributed by atoms with E-state index in [-0.39, 0.29) is 69.6 Å². The minimum absolute atomic E-state index is 0. The van der Waals surface area contributed by atoms with Gasteiger partial charge in [0.2, 0.25) is 0 Å². The van der Waals surface area contributed by atoms with Gasteiger partial charge in [-0.3, -0.25) is 14.1 Å². The molecule has 0 aromatic heterocycles. The number of hydrogen-bond donors (Lipinski definition) is 4. The molecule has 1 saturated carbocycles. The summed E-state index contributed by atoms with van der Waals surface area (Å²) in [5, 5.41) is 3.19. The first kappa shape index (κ1) is 22.9. The summed E-state index contributed by atoms with van der Waals surface area (Å²) in [5.74, 6) is -0.967. The van der Waals surface area contributed by atoms with Gasteiger partial charge in [0.1, 0.15) is 4.90 Å². The van der Waals surface area contributed by atoms with Crippen molar-refractivity contribution in [3.05, 3.63) is 52.6 Å². The molecule has 154 valence electrons. The molecule has 0 unspecified atom stereocenters. The number of carbonyl (C=O) groups is 2. The normalized spacial score (nSPS) is 20.7. The van der Waals surface area contributed by atoms with Gasteiger partial charge < -0.3 is 16.8 Å². The van der Waals surface area contributed by atoms with Crippen LogP contribution in [-0.2, 0) is 10.1 Å². The molecule has 10 heteroatoms. The fraction of sp³-hybridized carbons (Fsp3) is 0.300. The molecule has 2 aliphatic rings. The molecule has 6 N–H and O–H groups in total. The molecule has 30 heavy (non-hydrogen) atoms. The predicted molar refractivity (Wildman–Crippen MR) is 115 cm³/mol. The molecule has 0 aliphatic heterocycles. The van der Waals surface area contributed by atoms with E-state index in [0.717, 1.165) is 31.7 Å². The summed E-state index contributed by atoms with van der Waals surface area (Å²) in [6.45, 7) is 0. The molecule has 0 heterocycles. The van der Waals surface area contributed by atoms with Gasteiger partial charge in [0.25, 0.3) is 10.1 Å². The fourth-order valence-electron chi connectivity index (χ4n) is 4.10. The molecule has 0 radical (unpaired) electrons. The van der Waals surface area contributed by atoms with E-state index in [0.29, 0.717) is 0 Å². The Morgan fingerprint density at radius 3 is 2.03 bits per heavy atom. The second-order valence-corrected chi connectivity index (χ2v) is 8.91. The van der Waals surface area contributed by atoms with E-state index in [9.17, 15) is 22.6 Å². The van der Waals surface area contributed by atoms with Gasteiger partial charge in [-0.2, -0.15) is 8.42 Å². The van der Waals surface area contributed by atoms with Crippen molar-refractivity contribution in [1.29, 1.82) is 0 Å². The quantitative estimate of drug-likeness (QED) is 0.271. The average molecular weight is 439 g/mol. The second-order valence-electron chi connectivity index (χ2n) is 7.52. The molecule has 1 fully saturated rings. The number of carbonyl (C=O) groups excluding carboxylic acids is 2. The van der Waals surface area contributed by atoms with Crippen LogP contribution in [0.25, 0.3) is 0 Å². The van der Waals surface area contributed by atoms with Crippen LogP contribution in [0, 0.1) is 0 Å². The predicted octanol–water partition coefficient (Wildman–Crippen LogP) is 1.32. The first-order chi connectivity index (χ1) is 13.7. The summed E-state index contributed by atoms with van der Waals surface area (Å²) in [6.07, 6.45) is 3.05. The Bertz CT molecular complexity index is 1140. The summed E-state index contributed by atoms with van der Waals surface area (Å²) in [6, 6.07) is 7.51. The topological polar surface area (TPSA) is 153 Å². The second kappa shape index (κ2) is 8.41. The summed E-state index contributed by atoms with van der Waals surface area (Å²) in [5.41, 5.74) is 11.9. The van der Waals surface area contributed by atoms with Crippen LogP contribution in [0.3, 0.4) is 0 Å². The van der Waals surface area contributed by atoms with Gasteiger partial charge in [0.05, 0.1) is 16.8 Å². The van der Waals surface area contributed by atoms with Crippen molar-refractivity contribution in [2.75, 3.05) is 11.1 Å². The van der Waals surface area contributed by atoms with E-state index in [4.69, 9.17) is 11.5 Å². The van der Waals surface area contributed by atoms with E-state index in [1.165, 1.54) is 6.07 Å². The van der Waals surface area contributed by atoms with Gasteiger partial charge in [-0.05, 0) is 31.7 Å². The number of anilines is 2. The Hall–Kier alpha value is -1.75. The van der Waals surface area contributed by atoms with Crippen LogP contribution in [0.15, 0.2) is 35.2 Å². The van der Waals surface area contributed by atoms with Crippen molar-refractivity contribution < 1.29 is 22.6 Å². The van der Waals surface area contributed by atoms with Gasteiger partial charge in [0.15, 0.2) is 11.6 Å². The van der Waals surface area contributed by atoms with Crippen molar-refractivity contribution >= 4 is 62.6 Å². The summed E-state index contributed by atoms with van der Waals surface area (Å²) in [4.78, 5) is 25.7. The van der Waals surface area contributed by atoms with Crippen LogP contribution in [0.4, 0.5) is 11.4 Å². The van der Waals surface area contributed by atoms with Crippen molar-refractivity contribution in [2.24, 2.45) is 5.73 Å². The summed E-state index contributed by atoms with van der Waals surface area (Å²) < 4.78 is 33.4. The number of nitrogens with two attached hydrogens (primary N) is 2. The molecular formula is C20H22N3NaO5S. The van der Waals surface area contributed by atoms with Crippen LogP contribution in [0.2, 0.25) is 0 Å². The zero-order chi connectivity index (χ0) is 20.9. The zero-order valence-corrected chi connectivity index (χ0v) is 16.3. The third-order valence-electron chi connectivity index (χ3n) is 5.61. The minimum atomic E-state index is -4.71. The maximum absolute atomic E-state index is 13.2. The maximum atomic E-state index is 13.2. The van der Waals surface area contributed by atoms with Crippen molar-refractivity contribution in [3.63, 3.8) is 0 Å². The molecule has 0 atom stereocenters. The van der Waals surface area contributed by atoms with Gasteiger partial charge in [-0.25, -0.2) is 0 Å². The van der Waals surface area contributed by atoms with Crippen LogP contribution >= 0.6 is 0 Å². The van der Waals surface area contributed by atoms with Crippen molar-refractivity contribution in [1.82, 2.24) is 0 Å². The summed E-state index contributed by atoms with van der Waals surface area (Å²) >= 11 is 0. The SMILES string of the molecule is Nc1c(S(=O)(=O)O)cc(NC2CCC(N)CC2)c2c1C(=O)c1ccccc1C2=O.[NaH]. The average Bonchev–Trinajstić information content (AvgIpc) is 2.68. The number of hydrogen-bond acceptors (Lipinski definition) is 7. The Balaban J connectivity index is 0.00000256. The summed E-state index contributed by atoms with van der Waals surface area (Å²) in [7, 11) is -4.71. The number of ketones is 2. The van der Waals surface area contributed by atoms with Gasteiger partial charge >= 0.3 is 29.6 Å². The molecule has 2 aliphatic carbocycles. The third-order valence-corrected chi connectivity index (χ3v) is 6.50. The Labute approximate surface area is 196 Å². The molecular weight excluding hydrogens is 417 g/mol. The van der Waals surface area contributed by atoms with Gasteiger partial charge in [-0.1, -0.05) is 24.3 Å². The Morgan fingerprint density at radius 1 is 0.967 bits per heavy atom. The standard InChI is InChI=1S/C20H21N3O5S.Na.H/c21-10-5-7-11(8-6-10)23-14-9-15(29(26,27)28)18(22)17-16(14)19(24)12-3-1-2-4-13(12)20(17)25;;/h1-4,9-11,23H,5-8,21-22H2,(H,26,27,28);;. The fourth-order valence-corrected chi connectivity index (χ4v) is 4.75. The first-order valence-corrected chi connectivity index (χ1v) is 10.8. The monoisotopic (exact) mass is 439 g/mol. The third kappa shape index (κ3) is 3.93. The van der Waals surface area contributed by atoms with E-state index in [1.807, 2.05) is 0 Å². The molecule has 0 spiro atoms. The number of benzene rings is 2.